The molecule has 1 saturated heterocycles. The fraction of sp³-hybridized carbons (Fsp3) is 0.577. The molecule has 2 N–H and O–H groups in total. The lowest BCUT2D eigenvalue weighted by Gasteiger charge is -2.34. The van der Waals surface area contributed by atoms with E-state index in [-0.39, 0.29) is 36.9 Å². The van der Waals surface area contributed by atoms with E-state index in [1.807, 2.05) is 63.3 Å². The molecule has 1 fully saturated rings. The predicted octanol–water partition coefficient (Wildman–Crippen LogP) is 2.54. The summed E-state index contributed by atoms with van der Waals surface area (Å²) in [6.07, 6.45) is 4.38. The van der Waals surface area contributed by atoms with Crippen molar-refractivity contribution in [2.24, 2.45) is 29.6 Å². The Balaban J connectivity index is 1.95. The third kappa shape index (κ3) is 5.29. The Labute approximate surface area is 196 Å². The van der Waals surface area contributed by atoms with Gasteiger partial charge in [0, 0.05) is 12.5 Å². The lowest BCUT2D eigenvalue weighted by atomic mass is 9.70. The molecule has 1 aliphatic heterocycles. The van der Waals surface area contributed by atoms with E-state index in [2.05, 4.69) is 5.32 Å². The summed E-state index contributed by atoms with van der Waals surface area (Å²) in [5, 5.41) is 13.1. The summed E-state index contributed by atoms with van der Waals surface area (Å²) in [5.41, 5.74) is 0.955. The monoisotopic (exact) mass is 456 g/mol. The van der Waals surface area contributed by atoms with Crippen LogP contribution in [0.2, 0.25) is 0 Å². The number of fused-ring (bicyclic) bond motifs is 1. The van der Waals surface area contributed by atoms with Crippen LogP contribution in [0.3, 0.4) is 0 Å². The van der Waals surface area contributed by atoms with Crippen molar-refractivity contribution in [2.45, 2.75) is 52.7 Å². The molecular formula is C26H36N2O5. The summed E-state index contributed by atoms with van der Waals surface area (Å²) in [7, 11) is 0. The van der Waals surface area contributed by atoms with Gasteiger partial charge in [0.2, 0.25) is 11.8 Å². The zero-order valence-electron chi connectivity index (χ0n) is 19.9. The van der Waals surface area contributed by atoms with E-state index >= 15 is 0 Å². The number of nitrogens with one attached hydrogen (secondary N) is 1. The second kappa shape index (κ2) is 11.0. The number of nitrogens with zero attached hydrogens (tertiary/aromatic N) is 1. The Morgan fingerprint density at radius 2 is 1.88 bits per heavy atom. The van der Waals surface area contributed by atoms with Crippen LogP contribution in [0.5, 0.6) is 0 Å². The molecule has 0 bridgehead atoms. The molecule has 2 aliphatic rings. The highest BCUT2D eigenvalue weighted by Crippen LogP contribution is 2.45. The van der Waals surface area contributed by atoms with Crippen molar-refractivity contribution in [2.75, 3.05) is 13.2 Å². The highest BCUT2D eigenvalue weighted by Gasteiger charge is 2.58. The average Bonchev–Trinajstić information content (AvgIpc) is 3.08. The van der Waals surface area contributed by atoms with Crippen LogP contribution in [0.4, 0.5) is 0 Å². The second-order valence-electron chi connectivity index (χ2n) is 9.48. The highest BCUT2D eigenvalue weighted by atomic mass is 16.5. The largest absolute Gasteiger partial charge is 0.466 e. The van der Waals surface area contributed by atoms with E-state index in [1.165, 1.54) is 0 Å². The molecule has 0 saturated carbocycles. The quantitative estimate of drug-likeness (QED) is 0.440. The topological polar surface area (TPSA) is 95.9 Å². The van der Waals surface area contributed by atoms with Gasteiger partial charge in [-0.2, -0.15) is 0 Å². The molecule has 0 aromatic heterocycles. The van der Waals surface area contributed by atoms with Gasteiger partial charge in [-0.05, 0) is 30.7 Å². The number of aliphatic hydroxyl groups excluding tert-OH is 1. The smallest absolute Gasteiger partial charge is 0.310 e. The molecule has 1 aromatic rings. The van der Waals surface area contributed by atoms with Crippen molar-refractivity contribution < 1.29 is 24.2 Å². The van der Waals surface area contributed by atoms with Gasteiger partial charge < -0.3 is 20.1 Å². The molecule has 33 heavy (non-hydrogen) atoms. The van der Waals surface area contributed by atoms with Crippen molar-refractivity contribution in [3.05, 3.63) is 48.0 Å². The van der Waals surface area contributed by atoms with E-state index in [9.17, 15) is 19.5 Å². The molecule has 7 nitrogen and oxygen atoms in total. The normalized spacial score (nSPS) is 27.4. The lowest BCUT2D eigenvalue weighted by molar-refractivity contribution is -0.156. The van der Waals surface area contributed by atoms with Crippen LogP contribution in [-0.2, 0) is 25.7 Å². The predicted molar refractivity (Wildman–Crippen MR) is 125 cm³/mol. The first-order valence-electron chi connectivity index (χ1n) is 11.9. The molecule has 3 rings (SSSR count). The number of likely N-dealkylation sites (tertiary alicyclic amines) is 1. The number of hydrogen-bond acceptors (Lipinski definition) is 5. The van der Waals surface area contributed by atoms with Crippen molar-refractivity contribution in [3.8, 4) is 0 Å². The van der Waals surface area contributed by atoms with E-state index < -0.39 is 35.8 Å². The van der Waals surface area contributed by atoms with Crippen LogP contribution in [0.15, 0.2) is 42.5 Å². The average molecular weight is 457 g/mol. The van der Waals surface area contributed by atoms with Crippen molar-refractivity contribution in [1.29, 1.82) is 0 Å². The van der Waals surface area contributed by atoms with Crippen LogP contribution in [0.1, 0.15) is 39.7 Å². The Morgan fingerprint density at radius 1 is 1.18 bits per heavy atom. The number of benzene rings is 1. The molecule has 0 unspecified atom stereocenters. The first-order valence-corrected chi connectivity index (χ1v) is 11.9. The molecule has 0 spiro atoms. The summed E-state index contributed by atoms with van der Waals surface area (Å²) >= 11 is 0. The summed E-state index contributed by atoms with van der Waals surface area (Å²) in [6.45, 7) is 8.00. The van der Waals surface area contributed by atoms with Gasteiger partial charge in [-0.15, -0.1) is 0 Å². The van der Waals surface area contributed by atoms with E-state index in [1.54, 1.807) is 11.8 Å². The highest BCUT2D eigenvalue weighted by molar-refractivity contribution is 5.96. The number of hydrogen-bond donors (Lipinski definition) is 2. The third-order valence-corrected chi connectivity index (χ3v) is 6.69. The third-order valence-electron chi connectivity index (χ3n) is 6.69. The molecular weight excluding hydrogens is 420 g/mol. The Hall–Kier alpha value is -2.67. The van der Waals surface area contributed by atoms with Gasteiger partial charge in [0.15, 0.2) is 0 Å². The zero-order valence-corrected chi connectivity index (χ0v) is 19.9. The number of amides is 2. The minimum atomic E-state index is -0.789. The van der Waals surface area contributed by atoms with Crippen LogP contribution >= 0.6 is 0 Å². The van der Waals surface area contributed by atoms with Gasteiger partial charge in [0.1, 0.15) is 6.04 Å². The maximum absolute atomic E-state index is 13.8. The summed E-state index contributed by atoms with van der Waals surface area (Å²) in [6, 6.07) is 8.29. The first kappa shape index (κ1) is 25.0. The van der Waals surface area contributed by atoms with Gasteiger partial charge in [-0.25, -0.2) is 0 Å². The van der Waals surface area contributed by atoms with Gasteiger partial charge in [0.05, 0.1) is 31.1 Å². The molecule has 1 aromatic carbocycles. The zero-order chi connectivity index (χ0) is 24.1. The molecule has 1 heterocycles. The number of aliphatic hydroxyl groups is 1. The minimum Gasteiger partial charge on any atom is -0.466 e. The molecule has 7 heteroatoms. The fourth-order valence-corrected chi connectivity index (χ4v) is 5.24. The summed E-state index contributed by atoms with van der Waals surface area (Å²) in [4.78, 5) is 41.6. The maximum Gasteiger partial charge on any atom is 0.310 e. The molecule has 2 amide bonds. The second-order valence-corrected chi connectivity index (χ2v) is 9.48. The summed E-state index contributed by atoms with van der Waals surface area (Å²) < 4.78 is 5.30. The first-order chi connectivity index (χ1) is 15.8. The standard InChI is InChI=1S/C26H36N2O5/c1-5-33-26(32)21-17(4)11-12-20-22(21)25(31)28(19(15-29)13-16(2)3)23(20)24(30)27-14-18-9-7-6-8-10-18/h6-12,16-17,19-23,29H,5,13-15H2,1-4H3,(H,27,30)/t17-,19-,20+,21-,22+,23+/m1/s1. The number of esters is 1. The van der Waals surface area contributed by atoms with Crippen molar-refractivity contribution in [1.82, 2.24) is 10.2 Å². The maximum atomic E-state index is 13.8. The van der Waals surface area contributed by atoms with Crippen molar-refractivity contribution in [3.63, 3.8) is 0 Å². The number of ether oxygens (including phenoxy) is 1. The van der Waals surface area contributed by atoms with Crippen LogP contribution in [-0.4, -0.2) is 53.1 Å². The number of rotatable bonds is 9. The number of allylic oxidation sites excluding steroid dienone is 1. The summed E-state index contributed by atoms with van der Waals surface area (Å²) in [5.74, 6) is -2.69. The number of carbonyl (C=O) groups is 3. The SMILES string of the molecule is CCOC(=O)[C@H]1[C@H]2C(=O)N([C@@H](CO)CC(C)C)[C@H](C(=O)NCc3ccccc3)[C@H]2C=C[C@H]1C. The number of carbonyl (C=O) groups excluding carboxylic acids is 3. The van der Waals surface area contributed by atoms with E-state index in [4.69, 9.17) is 4.74 Å². The fourth-order valence-electron chi connectivity index (χ4n) is 5.24. The van der Waals surface area contributed by atoms with Crippen molar-refractivity contribution >= 4 is 17.8 Å². The van der Waals surface area contributed by atoms with Gasteiger partial charge in [-0.1, -0.05) is 63.3 Å². The van der Waals surface area contributed by atoms with Crippen LogP contribution in [0, 0.1) is 29.6 Å². The van der Waals surface area contributed by atoms with Gasteiger partial charge >= 0.3 is 5.97 Å². The minimum absolute atomic E-state index is 0.181. The Kier molecular flexibility index (Phi) is 8.30. The molecule has 1 aliphatic carbocycles. The molecule has 0 radical (unpaired) electrons. The van der Waals surface area contributed by atoms with E-state index in [0.717, 1.165) is 5.56 Å². The Bertz CT molecular complexity index is 869. The molecule has 180 valence electrons. The lowest BCUT2D eigenvalue weighted by Crippen LogP contribution is -2.52. The van der Waals surface area contributed by atoms with Gasteiger partial charge in [-0.3, -0.25) is 14.4 Å². The van der Waals surface area contributed by atoms with Crippen LogP contribution in [0.25, 0.3) is 0 Å². The molecule has 6 atom stereocenters. The van der Waals surface area contributed by atoms with Crippen LogP contribution < -0.4 is 5.32 Å². The Morgan fingerprint density at radius 3 is 2.48 bits per heavy atom. The van der Waals surface area contributed by atoms with E-state index in [0.29, 0.717) is 13.0 Å². The van der Waals surface area contributed by atoms with Gasteiger partial charge in [0.25, 0.3) is 0 Å².